The van der Waals surface area contributed by atoms with Crippen LogP contribution < -0.4 is 0 Å². The molecule has 3 rings (SSSR count). The summed E-state index contributed by atoms with van der Waals surface area (Å²) in [6, 6.07) is 4.98. The molecular formula is C20H23Cl2N3O2. The molecule has 0 atom stereocenters. The number of benzene rings is 2. The van der Waals surface area contributed by atoms with Crippen molar-refractivity contribution in [2.45, 2.75) is 52.4 Å². The van der Waals surface area contributed by atoms with Gasteiger partial charge in [-0.2, -0.15) is 0 Å². The van der Waals surface area contributed by atoms with Crippen LogP contribution in [0.3, 0.4) is 0 Å². The lowest BCUT2D eigenvalue weighted by molar-refractivity contribution is 0.394. The van der Waals surface area contributed by atoms with Gasteiger partial charge in [-0.25, -0.2) is 0 Å². The Bertz CT molecular complexity index is 1040. The zero-order valence-corrected chi connectivity index (χ0v) is 17.7. The van der Waals surface area contributed by atoms with Crippen molar-refractivity contribution in [1.29, 1.82) is 0 Å². The van der Waals surface area contributed by atoms with Gasteiger partial charge in [-0.1, -0.05) is 64.7 Å². The SMILES string of the molecule is CC(C)(C)c1cc(-n2nc3cc(Cl)cc(Cl)c3n2)c(O)c(C(C)(C)C)c1O. The molecule has 144 valence electrons. The Morgan fingerprint density at radius 2 is 1.48 bits per heavy atom. The fourth-order valence-electron chi connectivity index (χ4n) is 3.14. The predicted octanol–water partition coefficient (Wildman–Crippen LogP) is 5.73. The molecule has 0 bridgehead atoms. The van der Waals surface area contributed by atoms with Crippen LogP contribution in [-0.4, -0.2) is 25.2 Å². The van der Waals surface area contributed by atoms with Gasteiger partial charge in [0.05, 0.1) is 5.02 Å². The molecule has 0 aliphatic carbocycles. The average molecular weight is 408 g/mol. The van der Waals surface area contributed by atoms with Crippen molar-refractivity contribution in [3.05, 3.63) is 39.4 Å². The summed E-state index contributed by atoms with van der Waals surface area (Å²) in [7, 11) is 0. The number of phenolic OH excluding ortho intramolecular Hbond substituents is 2. The molecule has 0 saturated heterocycles. The van der Waals surface area contributed by atoms with Gasteiger partial charge >= 0.3 is 0 Å². The molecule has 0 radical (unpaired) electrons. The van der Waals surface area contributed by atoms with Gasteiger partial charge in [0.25, 0.3) is 0 Å². The van der Waals surface area contributed by atoms with E-state index in [9.17, 15) is 10.2 Å². The summed E-state index contributed by atoms with van der Waals surface area (Å²) < 4.78 is 0. The maximum Gasteiger partial charge on any atom is 0.150 e. The molecule has 0 unspecified atom stereocenters. The topological polar surface area (TPSA) is 71.2 Å². The smallest absolute Gasteiger partial charge is 0.150 e. The largest absolute Gasteiger partial charge is 0.507 e. The number of aromatic hydroxyl groups is 2. The molecule has 0 amide bonds. The quantitative estimate of drug-likeness (QED) is 0.539. The highest BCUT2D eigenvalue weighted by atomic mass is 35.5. The van der Waals surface area contributed by atoms with Crippen molar-refractivity contribution in [3.63, 3.8) is 0 Å². The highest BCUT2D eigenvalue weighted by molar-refractivity contribution is 6.38. The van der Waals surface area contributed by atoms with E-state index in [2.05, 4.69) is 10.2 Å². The van der Waals surface area contributed by atoms with Crippen LogP contribution in [0.2, 0.25) is 10.0 Å². The summed E-state index contributed by atoms with van der Waals surface area (Å²) in [6.07, 6.45) is 0. The van der Waals surface area contributed by atoms with Crippen molar-refractivity contribution in [2.75, 3.05) is 0 Å². The zero-order valence-electron chi connectivity index (χ0n) is 16.2. The second-order valence-electron chi connectivity index (χ2n) is 8.76. The Morgan fingerprint density at radius 3 is 2.04 bits per heavy atom. The van der Waals surface area contributed by atoms with Gasteiger partial charge in [0.15, 0.2) is 5.75 Å². The molecule has 1 aromatic heterocycles. The normalized spacial score (nSPS) is 12.7. The minimum Gasteiger partial charge on any atom is -0.507 e. The number of halogens is 2. The summed E-state index contributed by atoms with van der Waals surface area (Å²) in [5.74, 6) is 0.0320. The monoisotopic (exact) mass is 407 g/mol. The van der Waals surface area contributed by atoms with Crippen molar-refractivity contribution in [2.24, 2.45) is 0 Å². The number of hydrogen-bond donors (Lipinski definition) is 2. The highest BCUT2D eigenvalue weighted by Gasteiger charge is 2.31. The Hall–Kier alpha value is -1.98. The molecule has 0 spiro atoms. The van der Waals surface area contributed by atoms with Crippen LogP contribution in [0.1, 0.15) is 52.7 Å². The fraction of sp³-hybridized carbons (Fsp3) is 0.400. The van der Waals surface area contributed by atoms with Crippen LogP contribution in [0, 0.1) is 0 Å². The van der Waals surface area contributed by atoms with E-state index in [4.69, 9.17) is 23.2 Å². The lowest BCUT2D eigenvalue weighted by atomic mass is 9.78. The van der Waals surface area contributed by atoms with Gasteiger partial charge in [0.1, 0.15) is 22.5 Å². The van der Waals surface area contributed by atoms with Crippen LogP contribution in [0.25, 0.3) is 16.7 Å². The molecule has 0 aliphatic rings. The number of fused-ring (bicyclic) bond motifs is 1. The third-order valence-corrected chi connectivity index (χ3v) is 4.94. The summed E-state index contributed by atoms with van der Waals surface area (Å²) in [6.45, 7) is 11.8. The summed E-state index contributed by atoms with van der Waals surface area (Å²) in [4.78, 5) is 1.34. The van der Waals surface area contributed by atoms with Gasteiger partial charge in [-0.05, 0) is 29.0 Å². The second-order valence-corrected chi connectivity index (χ2v) is 9.60. The molecule has 0 saturated carbocycles. The lowest BCUT2D eigenvalue weighted by Crippen LogP contribution is -2.19. The fourth-order valence-corrected chi connectivity index (χ4v) is 3.66. The second kappa shape index (κ2) is 6.28. The lowest BCUT2D eigenvalue weighted by Gasteiger charge is -2.29. The van der Waals surface area contributed by atoms with E-state index in [-0.39, 0.29) is 16.9 Å². The Labute approximate surface area is 168 Å². The van der Waals surface area contributed by atoms with Crippen LogP contribution >= 0.6 is 23.2 Å². The Morgan fingerprint density at radius 1 is 0.852 bits per heavy atom. The molecular weight excluding hydrogens is 385 g/mol. The maximum absolute atomic E-state index is 11.0. The molecule has 7 heteroatoms. The number of rotatable bonds is 1. The zero-order chi connectivity index (χ0) is 20.3. The van der Waals surface area contributed by atoms with Crippen LogP contribution in [0.5, 0.6) is 11.5 Å². The van der Waals surface area contributed by atoms with Crippen molar-refractivity contribution in [1.82, 2.24) is 15.0 Å². The number of nitrogens with zero attached hydrogens (tertiary/aromatic N) is 3. The third kappa shape index (κ3) is 3.46. The first-order valence-corrected chi connectivity index (χ1v) is 9.38. The van der Waals surface area contributed by atoms with E-state index in [0.717, 1.165) is 0 Å². The van der Waals surface area contributed by atoms with E-state index >= 15 is 0 Å². The van der Waals surface area contributed by atoms with E-state index in [1.54, 1.807) is 18.2 Å². The molecule has 0 fully saturated rings. The van der Waals surface area contributed by atoms with E-state index in [1.807, 2.05) is 41.5 Å². The predicted molar refractivity (Wildman–Crippen MR) is 110 cm³/mol. The highest BCUT2D eigenvalue weighted by Crippen LogP contribution is 2.46. The molecule has 0 aliphatic heterocycles. The van der Waals surface area contributed by atoms with Gasteiger partial charge in [-0.15, -0.1) is 15.0 Å². The number of hydrogen-bond acceptors (Lipinski definition) is 4. The maximum atomic E-state index is 11.0. The summed E-state index contributed by atoms with van der Waals surface area (Å²) in [5.41, 5.74) is 1.71. The first kappa shape index (κ1) is 19.8. The van der Waals surface area contributed by atoms with E-state index < -0.39 is 5.41 Å². The van der Waals surface area contributed by atoms with Crippen LogP contribution in [0.4, 0.5) is 0 Å². The summed E-state index contributed by atoms with van der Waals surface area (Å²) in [5, 5.41) is 31.6. The van der Waals surface area contributed by atoms with Gasteiger partial charge in [0, 0.05) is 16.1 Å². The number of aromatic nitrogens is 3. The Balaban J connectivity index is 2.38. The van der Waals surface area contributed by atoms with E-state index in [0.29, 0.717) is 37.9 Å². The third-order valence-electron chi connectivity index (χ3n) is 4.43. The van der Waals surface area contributed by atoms with Crippen LogP contribution in [-0.2, 0) is 10.8 Å². The van der Waals surface area contributed by atoms with Crippen LogP contribution in [0.15, 0.2) is 18.2 Å². The van der Waals surface area contributed by atoms with Crippen molar-refractivity contribution >= 4 is 34.2 Å². The first-order valence-electron chi connectivity index (χ1n) is 8.63. The molecule has 3 aromatic rings. The molecule has 27 heavy (non-hydrogen) atoms. The van der Waals surface area contributed by atoms with Crippen molar-refractivity contribution < 1.29 is 10.2 Å². The van der Waals surface area contributed by atoms with Gasteiger partial charge < -0.3 is 10.2 Å². The molecule has 1 heterocycles. The first-order chi connectivity index (χ1) is 12.3. The molecule has 5 nitrogen and oxygen atoms in total. The minimum atomic E-state index is -0.488. The van der Waals surface area contributed by atoms with Gasteiger partial charge in [-0.3, -0.25) is 0 Å². The molecule has 2 N–H and O–H groups in total. The van der Waals surface area contributed by atoms with E-state index in [1.165, 1.54) is 4.80 Å². The average Bonchev–Trinajstić information content (AvgIpc) is 2.88. The Kier molecular flexibility index (Phi) is 4.60. The minimum absolute atomic E-state index is 0.0597. The summed E-state index contributed by atoms with van der Waals surface area (Å²) >= 11 is 12.3. The molecule has 2 aromatic carbocycles. The van der Waals surface area contributed by atoms with Crippen molar-refractivity contribution in [3.8, 4) is 17.2 Å². The standard InChI is InChI=1S/C20H23Cl2N3O2/c1-19(2,3)11-9-14(18(27)15(17(11)26)20(4,5)6)25-23-13-8-10(21)7-12(22)16(13)24-25/h7-9,26-27H,1-6H3. The van der Waals surface area contributed by atoms with Gasteiger partial charge in [0.2, 0.25) is 0 Å². The number of phenols is 2.